The van der Waals surface area contributed by atoms with Crippen molar-refractivity contribution in [2.75, 3.05) is 26.2 Å². The Morgan fingerprint density at radius 1 is 1.22 bits per heavy atom. The molecule has 23 heavy (non-hydrogen) atoms. The van der Waals surface area contributed by atoms with Crippen molar-refractivity contribution < 1.29 is 4.79 Å². The van der Waals surface area contributed by atoms with E-state index in [0.717, 1.165) is 50.0 Å². The molecule has 0 N–H and O–H groups in total. The molecule has 0 unspecified atom stereocenters. The Hall–Kier alpha value is -0.870. The van der Waals surface area contributed by atoms with E-state index in [-0.39, 0.29) is 5.92 Å². The number of rotatable bonds is 3. The second-order valence-corrected chi connectivity index (χ2v) is 8.13. The molecule has 0 bridgehead atoms. The van der Waals surface area contributed by atoms with E-state index >= 15 is 0 Å². The van der Waals surface area contributed by atoms with Crippen LogP contribution in [-0.4, -0.2) is 41.9 Å². The quantitative estimate of drug-likeness (QED) is 0.795. The van der Waals surface area contributed by atoms with Gasteiger partial charge >= 0.3 is 0 Å². The van der Waals surface area contributed by atoms with Crippen LogP contribution >= 0.6 is 15.9 Å². The van der Waals surface area contributed by atoms with E-state index in [4.69, 9.17) is 0 Å². The molecule has 126 valence electrons. The highest BCUT2D eigenvalue weighted by Crippen LogP contribution is 2.24. The molecule has 2 fully saturated rings. The van der Waals surface area contributed by atoms with Crippen molar-refractivity contribution in [1.29, 1.82) is 0 Å². The second kappa shape index (κ2) is 7.80. The molecule has 4 heteroatoms. The van der Waals surface area contributed by atoms with Crippen LogP contribution in [0.5, 0.6) is 0 Å². The maximum atomic E-state index is 12.7. The molecule has 3 rings (SSSR count). The zero-order valence-electron chi connectivity index (χ0n) is 14.0. The summed E-state index contributed by atoms with van der Waals surface area (Å²) in [5.74, 6) is 1.34. The Morgan fingerprint density at radius 3 is 2.70 bits per heavy atom. The summed E-state index contributed by atoms with van der Waals surface area (Å²) in [4.78, 5) is 17.3. The third-order valence-corrected chi connectivity index (χ3v) is 5.69. The molecule has 0 radical (unpaired) electrons. The van der Waals surface area contributed by atoms with Gasteiger partial charge in [0.05, 0.1) is 0 Å². The molecule has 1 aromatic rings. The number of amides is 1. The van der Waals surface area contributed by atoms with Gasteiger partial charge in [-0.3, -0.25) is 9.69 Å². The van der Waals surface area contributed by atoms with Crippen molar-refractivity contribution in [3.8, 4) is 0 Å². The summed E-state index contributed by atoms with van der Waals surface area (Å²) >= 11 is 3.54. The van der Waals surface area contributed by atoms with Gasteiger partial charge in [0.15, 0.2) is 0 Å². The highest BCUT2D eigenvalue weighted by atomic mass is 79.9. The minimum atomic E-state index is 0.249. The Bertz CT molecular complexity index is 540. The number of nitrogens with zero attached hydrogens (tertiary/aromatic N) is 2. The van der Waals surface area contributed by atoms with Crippen LogP contribution in [0.4, 0.5) is 0 Å². The van der Waals surface area contributed by atoms with Gasteiger partial charge in [-0.1, -0.05) is 35.0 Å². The van der Waals surface area contributed by atoms with Gasteiger partial charge in [0.1, 0.15) is 0 Å². The van der Waals surface area contributed by atoms with Gasteiger partial charge in [0.2, 0.25) is 5.91 Å². The summed E-state index contributed by atoms with van der Waals surface area (Å²) in [5, 5.41) is 0. The number of benzene rings is 1. The predicted molar refractivity (Wildman–Crippen MR) is 97.1 cm³/mol. The number of likely N-dealkylation sites (tertiary alicyclic amines) is 2. The number of hydrogen-bond donors (Lipinski definition) is 0. The topological polar surface area (TPSA) is 23.6 Å². The van der Waals surface area contributed by atoms with Gasteiger partial charge in [-0.2, -0.15) is 0 Å². The lowest BCUT2D eigenvalue weighted by molar-refractivity contribution is -0.138. The lowest BCUT2D eigenvalue weighted by Crippen LogP contribution is -2.45. The van der Waals surface area contributed by atoms with Crippen LogP contribution in [0, 0.1) is 11.8 Å². The summed E-state index contributed by atoms with van der Waals surface area (Å²) in [6.45, 7) is 7.26. The van der Waals surface area contributed by atoms with E-state index in [1.807, 2.05) is 0 Å². The van der Waals surface area contributed by atoms with E-state index < -0.39 is 0 Å². The van der Waals surface area contributed by atoms with Crippen LogP contribution in [0.3, 0.4) is 0 Å². The number of piperidine rings is 2. The van der Waals surface area contributed by atoms with Crippen LogP contribution in [0.25, 0.3) is 0 Å². The molecule has 0 saturated carbocycles. The molecule has 1 aromatic carbocycles. The van der Waals surface area contributed by atoms with Gasteiger partial charge in [-0.05, 0) is 62.4 Å². The van der Waals surface area contributed by atoms with Crippen LogP contribution in [-0.2, 0) is 11.3 Å². The lowest BCUT2D eigenvalue weighted by Gasteiger charge is -2.37. The SMILES string of the molecule is C[C@H]1CCCN(C(=O)C2CCN(Cc3cccc(Br)c3)CC2)C1. The highest BCUT2D eigenvalue weighted by molar-refractivity contribution is 9.10. The standard InChI is InChI=1S/C19H27BrN2O/c1-15-4-3-9-22(13-15)19(23)17-7-10-21(11-8-17)14-16-5-2-6-18(20)12-16/h2,5-6,12,15,17H,3-4,7-11,13-14H2,1H3/t15-/m0/s1. The van der Waals surface area contributed by atoms with Gasteiger partial charge in [0, 0.05) is 30.0 Å². The Labute approximate surface area is 148 Å². The van der Waals surface area contributed by atoms with Crippen LogP contribution < -0.4 is 0 Å². The average molecular weight is 379 g/mol. The summed E-state index contributed by atoms with van der Waals surface area (Å²) in [7, 11) is 0. The third kappa shape index (κ3) is 4.57. The molecule has 2 aliphatic rings. The first-order valence-corrected chi connectivity index (χ1v) is 9.66. The molecule has 3 nitrogen and oxygen atoms in total. The largest absolute Gasteiger partial charge is 0.342 e. The van der Waals surface area contributed by atoms with E-state index in [1.54, 1.807) is 0 Å². The molecule has 1 atom stereocenters. The van der Waals surface area contributed by atoms with Crippen molar-refractivity contribution in [3.05, 3.63) is 34.3 Å². The first kappa shape index (κ1) is 17.0. The minimum absolute atomic E-state index is 0.249. The monoisotopic (exact) mass is 378 g/mol. The Balaban J connectivity index is 1.49. The van der Waals surface area contributed by atoms with E-state index in [1.165, 1.54) is 18.4 Å². The number of hydrogen-bond acceptors (Lipinski definition) is 2. The van der Waals surface area contributed by atoms with Crippen LogP contribution in [0.1, 0.15) is 38.2 Å². The Kier molecular flexibility index (Phi) is 5.76. The number of carbonyl (C=O) groups is 1. The second-order valence-electron chi connectivity index (χ2n) is 7.21. The maximum Gasteiger partial charge on any atom is 0.225 e. The number of halogens is 1. The first-order valence-electron chi connectivity index (χ1n) is 8.87. The fraction of sp³-hybridized carbons (Fsp3) is 0.632. The van der Waals surface area contributed by atoms with Crippen molar-refractivity contribution in [2.24, 2.45) is 11.8 Å². The van der Waals surface area contributed by atoms with Gasteiger partial charge in [-0.15, -0.1) is 0 Å². The molecule has 2 aliphatic heterocycles. The molecular formula is C19H27BrN2O. The van der Waals surface area contributed by atoms with Crippen molar-refractivity contribution in [1.82, 2.24) is 9.80 Å². The van der Waals surface area contributed by atoms with E-state index in [0.29, 0.717) is 11.8 Å². The number of carbonyl (C=O) groups excluding carboxylic acids is 1. The van der Waals surface area contributed by atoms with Gasteiger partial charge < -0.3 is 4.90 Å². The molecule has 2 heterocycles. The van der Waals surface area contributed by atoms with E-state index in [9.17, 15) is 4.79 Å². The fourth-order valence-corrected chi connectivity index (χ4v) is 4.33. The predicted octanol–water partition coefficient (Wildman–Crippen LogP) is 3.92. The molecule has 0 aliphatic carbocycles. The summed E-state index contributed by atoms with van der Waals surface area (Å²) in [5.41, 5.74) is 1.34. The summed E-state index contributed by atoms with van der Waals surface area (Å²) in [6.07, 6.45) is 4.47. The third-order valence-electron chi connectivity index (χ3n) is 5.20. The fourth-order valence-electron chi connectivity index (χ4n) is 3.88. The highest BCUT2D eigenvalue weighted by Gasteiger charge is 2.30. The normalized spacial score (nSPS) is 23.9. The summed E-state index contributed by atoms with van der Waals surface area (Å²) < 4.78 is 1.14. The van der Waals surface area contributed by atoms with E-state index in [2.05, 4.69) is 56.9 Å². The molecule has 1 amide bonds. The summed E-state index contributed by atoms with van der Waals surface area (Å²) in [6, 6.07) is 8.52. The Morgan fingerprint density at radius 2 is 2.00 bits per heavy atom. The zero-order chi connectivity index (χ0) is 16.2. The van der Waals surface area contributed by atoms with Crippen molar-refractivity contribution in [3.63, 3.8) is 0 Å². The molecule has 0 aromatic heterocycles. The van der Waals surface area contributed by atoms with Crippen LogP contribution in [0.2, 0.25) is 0 Å². The molecule has 2 saturated heterocycles. The molecule has 0 spiro atoms. The lowest BCUT2D eigenvalue weighted by atomic mass is 9.92. The smallest absolute Gasteiger partial charge is 0.225 e. The maximum absolute atomic E-state index is 12.7. The van der Waals surface area contributed by atoms with Crippen molar-refractivity contribution >= 4 is 21.8 Å². The molecular weight excluding hydrogens is 352 g/mol. The van der Waals surface area contributed by atoms with Crippen LogP contribution in [0.15, 0.2) is 28.7 Å². The average Bonchev–Trinajstić information content (AvgIpc) is 2.55. The minimum Gasteiger partial charge on any atom is -0.342 e. The van der Waals surface area contributed by atoms with Gasteiger partial charge in [0.25, 0.3) is 0 Å². The zero-order valence-corrected chi connectivity index (χ0v) is 15.6. The first-order chi connectivity index (χ1) is 11.1. The van der Waals surface area contributed by atoms with Gasteiger partial charge in [-0.25, -0.2) is 0 Å². The van der Waals surface area contributed by atoms with Crippen molar-refractivity contribution in [2.45, 2.75) is 39.2 Å².